The number of nitrogens with zero attached hydrogens (tertiary/aromatic N) is 1. The Labute approximate surface area is 110 Å². The Morgan fingerprint density at radius 2 is 2.11 bits per heavy atom. The Bertz CT molecular complexity index is 533. The van der Waals surface area contributed by atoms with Gasteiger partial charge >= 0.3 is 5.97 Å². The van der Waals surface area contributed by atoms with Crippen LogP contribution in [0.2, 0.25) is 0 Å². The minimum absolute atomic E-state index is 0.393. The molecule has 0 fully saturated rings. The quantitative estimate of drug-likeness (QED) is 0.469. The third-order valence-electron chi connectivity index (χ3n) is 2.65. The van der Waals surface area contributed by atoms with E-state index in [9.17, 15) is 9.59 Å². The van der Waals surface area contributed by atoms with Crippen molar-refractivity contribution in [1.82, 2.24) is 0 Å². The maximum Gasteiger partial charge on any atom is 0.342 e. The van der Waals surface area contributed by atoms with E-state index in [1.54, 1.807) is 0 Å². The van der Waals surface area contributed by atoms with Crippen molar-refractivity contribution in [1.29, 1.82) is 0 Å². The van der Waals surface area contributed by atoms with Gasteiger partial charge in [0.2, 0.25) is 6.08 Å². The summed E-state index contributed by atoms with van der Waals surface area (Å²) in [6.45, 7) is 5.46. The van der Waals surface area contributed by atoms with Gasteiger partial charge in [-0.15, -0.1) is 11.3 Å². The summed E-state index contributed by atoms with van der Waals surface area (Å²) in [5.41, 5.74) is 0.918. The summed E-state index contributed by atoms with van der Waals surface area (Å²) in [4.78, 5) is 27.4. The number of carbonyl (C=O) groups excluding carboxylic acids is 2. The molecule has 0 saturated heterocycles. The van der Waals surface area contributed by atoms with Gasteiger partial charge in [0.1, 0.15) is 16.2 Å². The van der Waals surface area contributed by atoms with E-state index >= 15 is 0 Å². The Morgan fingerprint density at radius 3 is 2.72 bits per heavy atom. The van der Waals surface area contributed by atoms with Crippen molar-refractivity contribution in [2.45, 2.75) is 45.6 Å². The molecule has 1 aliphatic carbocycles. The zero-order chi connectivity index (χ0) is 13.3. The minimum atomic E-state index is -0.549. The van der Waals surface area contributed by atoms with Crippen LogP contribution in [0.15, 0.2) is 4.99 Å². The number of aliphatic imine (C=N–C) groups is 1. The highest BCUT2D eigenvalue weighted by molar-refractivity contribution is 7.16. The van der Waals surface area contributed by atoms with Crippen LogP contribution in [-0.2, 0) is 22.4 Å². The molecule has 0 N–H and O–H groups in total. The molecule has 96 valence electrons. The number of thiophene rings is 1. The van der Waals surface area contributed by atoms with Crippen molar-refractivity contribution in [2.24, 2.45) is 4.99 Å². The summed E-state index contributed by atoms with van der Waals surface area (Å²) in [5, 5.41) is 0.434. The first-order valence-electron chi connectivity index (χ1n) is 5.88. The Kier molecular flexibility index (Phi) is 3.37. The molecule has 18 heavy (non-hydrogen) atoms. The fourth-order valence-electron chi connectivity index (χ4n) is 2.05. The van der Waals surface area contributed by atoms with Gasteiger partial charge in [0.25, 0.3) is 0 Å². The molecule has 5 heteroatoms. The molecule has 0 saturated carbocycles. The summed E-state index contributed by atoms with van der Waals surface area (Å²) in [7, 11) is 0. The smallest absolute Gasteiger partial charge is 0.342 e. The average Bonchev–Trinajstić information content (AvgIpc) is 2.74. The predicted molar refractivity (Wildman–Crippen MR) is 69.3 cm³/mol. The maximum atomic E-state index is 12.2. The molecule has 0 bridgehead atoms. The molecule has 0 spiro atoms. The van der Waals surface area contributed by atoms with Gasteiger partial charge in [0.15, 0.2) is 0 Å². The third kappa shape index (κ3) is 2.52. The first-order chi connectivity index (χ1) is 8.42. The fourth-order valence-corrected chi connectivity index (χ4v) is 3.25. The molecule has 1 aromatic heterocycles. The molecule has 0 amide bonds. The van der Waals surface area contributed by atoms with Gasteiger partial charge in [-0.1, -0.05) is 0 Å². The van der Waals surface area contributed by atoms with Gasteiger partial charge in [0.05, 0.1) is 0 Å². The zero-order valence-electron chi connectivity index (χ0n) is 10.7. The highest BCUT2D eigenvalue weighted by Crippen LogP contribution is 2.41. The molecule has 1 aromatic rings. The lowest BCUT2D eigenvalue weighted by Gasteiger charge is -2.19. The van der Waals surface area contributed by atoms with E-state index in [-0.39, 0.29) is 0 Å². The number of hydrogen-bond acceptors (Lipinski definition) is 5. The van der Waals surface area contributed by atoms with Gasteiger partial charge < -0.3 is 4.74 Å². The van der Waals surface area contributed by atoms with E-state index in [0.717, 1.165) is 29.7 Å². The van der Waals surface area contributed by atoms with Gasteiger partial charge in [-0.2, -0.15) is 4.99 Å². The molecule has 4 nitrogen and oxygen atoms in total. The van der Waals surface area contributed by atoms with Gasteiger partial charge in [-0.25, -0.2) is 9.59 Å². The largest absolute Gasteiger partial charge is 0.456 e. The van der Waals surface area contributed by atoms with E-state index in [2.05, 4.69) is 4.99 Å². The molecule has 1 heterocycles. The monoisotopic (exact) mass is 265 g/mol. The summed E-state index contributed by atoms with van der Waals surface area (Å²) >= 11 is 1.40. The second-order valence-corrected chi connectivity index (χ2v) is 6.33. The van der Waals surface area contributed by atoms with Crippen molar-refractivity contribution in [3.05, 3.63) is 16.0 Å². The van der Waals surface area contributed by atoms with Crippen molar-refractivity contribution in [3.63, 3.8) is 0 Å². The Balaban J connectivity index is 2.42. The number of isocyanates is 1. The average molecular weight is 265 g/mol. The molecule has 0 aliphatic heterocycles. The fraction of sp³-hybridized carbons (Fsp3) is 0.538. The molecule has 0 unspecified atom stereocenters. The van der Waals surface area contributed by atoms with E-state index in [4.69, 9.17) is 4.74 Å². The van der Waals surface area contributed by atoms with Crippen LogP contribution in [0.5, 0.6) is 0 Å². The summed E-state index contributed by atoms with van der Waals surface area (Å²) in [5.74, 6) is -0.393. The van der Waals surface area contributed by atoms with Gasteiger partial charge in [-0.05, 0) is 45.6 Å². The maximum absolute atomic E-state index is 12.2. The van der Waals surface area contributed by atoms with Crippen LogP contribution in [-0.4, -0.2) is 17.7 Å². The molecule has 0 radical (unpaired) electrons. The van der Waals surface area contributed by atoms with Gasteiger partial charge in [0, 0.05) is 4.88 Å². The van der Waals surface area contributed by atoms with E-state index in [1.165, 1.54) is 17.4 Å². The van der Waals surface area contributed by atoms with Crippen molar-refractivity contribution in [3.8, 4) is 0 Å². The van der Waals surface area contributed by atoms with Crippen LogP contribution in [0.1, 0.15) is 48.0 Å². The number of aryl methyl sites for hydroxylation is 1. The zero-order valence-corrected chi connectivity index (χ0v) is 11.5. The second-order valence-electron chi connectivity index (χ2n) is 5.24. The van der Waals surface area contributed by atoms with Crippen LogP contribution in [0.25, 0.3) is 0 Å². The number of rotatable bonds is 2. The lowest BCUT2D eigenvalue weighted by atomic mass is 10.1. The highest BCUT2D eigenvalue weighted by Gasteiger charge is 2.29. The number of ether oxygens (including phenoxy) is 1. The van der Waals surface area contributed by atoms with E-state index in [1.807, 2.05) is 20.8 Å². The molecular weight excluding hydrogens is 250 g/mol. The number of fused-ring (bicyclic) bond motifs is 1. The number of hydrogen-bond donors (Lipinski definition) is 0. The lowest BCUT2D eigenvalue weighted by Crippen LogP contribution is -2.24. The lowest BCUT2D eigenvalue weighted by molar-refractivity contribution is 0.00701. The van der Waals surface area contributed by atoms with Crippen molar-refractivity contribution < 1.29 is 14.3 Å². The van der Waals surface area contributed by atoms with Crippen LogP contribution in [0, 0.1) is 0 Å². The van der Waals surface area contributed by atoms with E-state index < -0.39 is 11.6 Å². The number of carbonyl (C=O) groups is 1. The normalized spacial score (nSPS) is 13.9. The van der Waals surface area contributed by atoms with Gasteiger partial charge in [-0.3, -0.25) is 0 Å². The standard InChI is InChI=1S/C13H15NO3S/c1-13(2,3)17-12(16)10-8-5-4-6-9(8)18-11(10)14-7-15/h4-6H2,1-3H3. The minimum Gasteiger partial charge on any atom is -0.456 e. The SMILES string of the molecule is CC(C)(C)OC(=O)c1c(N=C=O)sc2c1CCC2. The van der Waals surface area contributed by atoms with E-state index in [0.29, 0.717) is 10.6 Å². The summed E-state index contributed by atoms with van der Waals surface area (Å²) < 4.78 is 5.37. The third-order valence-corrected chi connectivity index (χ3v) is 3.84. The molecule has 1 aliphatic rings. The molecule has 0 atom stereocenters. The predicted octanol–water partition coefficient (Wildman–Crippen LogP) is 3.16. The van der Waals surface area contributed by atoms with Crippen molar-refractivity contribution >= 4 is 28.4 Å². The number of esters is 1. The highest BCUT2D eigenvalue weighted by atomic mass is 32.1. The van der Waals surface area contributed by atoms with Crippen molar-refractivity contribution in [2.75, 3.05) is 0 Å². The Hall–Kier alpha value is -1.45. The molecule has 2 rings (SSSR count). The van der Waals surface area contributed by atoms with Crippen LogP contribution in [0.3, 0.4) is 0 Å². The Morgan fingerprint density at radius 1 is 1.39 bits per heavy atom. The summed E-state index contributed by atoms with van der Waals surface area (Å²) in [6.07, 6.45) is 4.36. The molecular formula is C13H15NO3S. The first-order valence-corrected chi connectivity index (χ1v) is 6.70. The van der Waals surface area contributed by atoms with Crippen LogP contribution in [0.4, 0.5) is 5.00 Å². The van der Waals surface area contributed by atoms with Crippen LogP contribution >= 0.6 is 11.3 Å². The van der Waals surface area contributed by atoms with Crippen LogP contribution < -0.4 is 0 Å². The second kappa shape index (κ2) is 4.67. The molecule has 0 aromatic carbocycles. The topological polar surface area (TPSA) is 55.7 Å². The first kappa shape index (κ1) is 13.0. The summed E-state index contributed by atoms with van der Waals surface area (Å²) in [6, 6.07) is 0.